The Kier molecular flexibility index (Phi) is 8.39. The van der Waals surface area contributed by atoms with E-state index in [4.69, 9.17) is 14.4 Å². The van der Waals surface area contributed by atoms with E-state index in [0.29, 0.717) is 5.82 Å². The van der Waals surface area contributed by atoms with Crippen molar-refractivity contribution in [3.05, 3.63) is 253 Å². The number of hydrogen-bond acceptors (Lipinski definition) is 3. The molecule has 9 aromatic carbocycles. The van der Waals surface area contributed by atoms with E-state index in [1.807, 2.05) is 36.4 Å². The van der Waals surface area contributed by atoms with Crippen LogP contribution in [0.15, 0.2) is 235 Å². The molecule has 0 amide bonds. The fraction of sp³-hybridized carbons (Fsp3) is 0.0169. The van der Waals surface area contributed by atoms with Gasteiger partial charge in [0.05, 0.1) is 16.8 Å². The standard InChI is InChI=1S/C59H38N2O/c1-4-16-41(17-5-1)58-60-53(40-32-30-39(31-33-40)47-26-15-29-56-57(47)50-25-11-13-28-55(50)62-56)38-54(61-58)44-19-14-18-42(36-44)43-34-35-49-48-24-10-12-27-51(48)59(52(49)37-43,45-20-6-2-7-21-45)46-22-8-3-9-23-46/h1-38H. The van der Waals surface area contributed by atoms with E-state index < -0.39 is 5.41 Å². The molecule has 0 saturated carbocycles. The van der Waals surface area contributed by atoms with Crippen LogP contribution in [0.3, 0.4) is 0 Å². The molecule has 2 aromatic heterocycles. The Morgan fingerprint density at radius 3 is 1.63 bits per heavy atom. The summed E-state index contributed by atoms with van der Waals surface area (Å²) in [6.07, 6.45) is 0. The maximum atomic E-state index is 6.22. The number of benzene rings is 9. The van der Waals surface area contributed by atoms with Gasteiger partial charge in [0, 0.05) is 27.5 Å². The highest BCUT2D eigenvalue weighted by molar-refractivity contribution is 6.12. The van der Waals surface area contributed by atoms with Crippen molar-refractivity contribution in [3.63, 3.8) is 0 Å². The van der Waals surface area contributed by atoms with E-state index in [0.717, 1.165) is 72.3 Å². The SMILES string of the molecule is c1ccc(-c2nc(-c3ccc(-c4cccc5oc6ccccc6c45)cc3)cc(-c3cccc(-c4ccc5c(c4)C(c4ccccc4)(c4ccccc4)c4ccccc4-5)c3)n2)cc1. The van der Waals surface area contributed by atoms with Gasteiger partial charge < -0.3 is 4.42 Å². The number of aromatic nitrogens is 2. The van der Waals surface area contributed by atoms with Gasteiger partial charge in [-0.05, 0) is 86.0 Å². The van der Waals surface area contributed by atoms with Gasteiger partial charge in [0.15, 0.2) is 5.82 Å². The smallest absolute Gasteiger partial charge is 0.160 e. The molecule has 0 N–H and O–H groups in total. The van der Waals surface area contributed by atoms with Crippen molar-refractivity contribution in [1.82, 2.24) is 9.97 Å². The largest absolute Gasteiger partial charge is 0.456 e. The predicted octanol–water partition coefficient (Wildman–Crippen LogP) is 15.1. The first-order valence-electron chi connectivity index (χ1n) is 21.1. The highest BCUT2D eigenvalue weighted by Gasteiger charge is 2.46. The second-order valence-electron chi connectivity index (χ2n) is 16.1. The summed E-state index contributed by atoms with van der Waals surface area (Å²) in [6.45, 7) is 0. The van der Waals surface area contributed by atoms with Crippen molar-refractivity contribution in [1.29, 1.82) is 0 Å². The predicted molar refractivity (Wildman–Crippen MR) is 254 cm³/mol. The summed E-state index contributed by atoms with van der Waals surface area (Å²) < 4.78 is 6.22. The zero-order valence-electron chi connectivity index (χ0n) is 33.7. The maximum absolute atomic E-state index is 6.22. The molecule has 3 nitrogen and oxygen atoms in total. The van der Waals surface area contributed by atoms with Gasteiger partial charge in [0.25, 0.3) is 0 Å². The number of furan rings is 1. The van der Waals surface area contributed by atoms with E-state index in [9.17, 15) is 0 Å². The van der Waals surface area contributed by atoms with Gasteiger partial charge in [0.2, 0.25) is 0 Å². The van der Waals surface area contributed by atoms with E-state index in [1.165, 1.54) is 33.4 Å². The van der Waals surface area contributed by atoms with Crippen LogP contribution in [0.4, 0.5) is 0 Å². The molecule has 0 bridgehead atoms. The van der Waals surface area contributed by atoms with Crippen LogP contribution in [0.25, 0.3) is 89.2 Å². The fourth-order valence-corrected chi connectivity index (χ4v) is 9.78. The number of para-hydroxylation sites is 1. The molecule has 12 rings (SSSR count). The molecule has 0 saturated heterocycles. The highest BCUT2D eigenvalue weighted by atomic mass is 16.3. The zero-order valence-corrected chi connectivity index (χ0v) is 33.7. The van der Waals surface area contributed by atoms with Crippen LogP contribution in [-0.2, 0) is 5.41 Å². The molecule has 0 radical (unpaired) electrons. The van der Waals surface area contributed by atoms with Gasteiger partial charge in [-0.3, -0.25) is 0 Å². The average Bonchev–Trinajstić information content (AvgIpc) is 3.89. The topological polar surface area (TPSA) is 38.9 Å². The Bertz CT molecular complexity index is 3400. The van der Waals surface area contributed by atoms with E-state index in [-0.39, 0.29) is 0 Å². The van der Waals surface area contributed by atoms with Gasteiger partial charge in [-0.15, -0.1) is 0 Å². The van der Waals surface area contributed by atoms with Crippen LogP contribution in [-0.4, -0.2) is 9.97 Å². The molecule has 1 aliphatic carbocycles. The third kappa shape index (κ3) is 5.74. The summed E-state index contributed by atoms with van der Waals surface area (Å²) in [5.41, 5.74) is 18.3. The number of fused-ring (bicyclic) bond motifs is 6. The first kappa shape index (κ1) is 35.8. The number of nitrogens with zero attached hydrogens (tertiary/aromatic N) is 2. The van der Waals surface area contributed by atoms with Crippen molar-refractivity contribution in [2.24, 2.45) is 0 Å². The minimum atomic E-state index is -0.470. The first-order chi connectivity index (χ1) is 30.7. The van der Waals surface area contributed by atoms with Crippen molar-refractivity contribution in [3.8, 4) is 67.3 Å². The average molecular weight is 791 g/mol. The summed E-state index contributed by atoms with van der Waals surface area (Å²) in [7, 11) is 0. The first-order valence-corrected chi connectivity index (χ1v) is 21.1. The van der Waals surface area contributed by atoms with Crippen LogP contribution in [0.2, 0.25) is 0 Å². The van der Waals surface area contributed by atoms with Crippen molar-refractivity contribution < 1.29 is 4.42 Å². The molecule has 290 valence electrons. The van der Waals surface area contributed by atoms with Crippen LogP contribution < -0.4 is 0 Å². The van der Waals surface area contributed by atoms with Gasteiger partial charge in [0.1, 0.15) is 11.2 Å². The van der Waals surface area contributed by atoms with Crippen LogP contribution in [0.1, 0.15) is 22.3 Å². The van der Waals surface area contributed by atoms with Crippen molar-refractivity contribution in [2.45, 2.75) is 5.41 Å². The van der Waals surface area contributed by atoms with Gasteiger partial charge in [-0.25, -0.2) is 9.97 Å². The Morgan fingerprint density at radius 2 is 0.855 bits per heavy atom. The van der Waals surface area contributed by atoms with Crippen LogP contribution >= 0.6 is 0 Å². The van der Waals surface area contributed by atoms with Crippen LogP contribution in [0.5, 0.6) is 0 Å². The molecule has 0 unspecified atom stereocenters. The minimum absolute atomic E-state index is 0.470. The second kappa shape index (κ2) is 14.5. The third-order valence-corrected chi connectivity index (χ3v) is 12.6. The number of rotatable bonds is 7. The monoisotopic (exact) mass is 790 g/mol. The summed E-state index contributed by atoms with van der Waals surface area (Å²) in [6, 6.07) is 82.3. The minimum Gasteiger partial charge on any atom is -0.456 e. The quantitative estimate of drug-likeness (QED) is 0.161. The lowest BCUT2D eigenvalue weighted by Gasteiger charge is -2.34. The lowest BCUT2D eigenvalue weighted by Crippen LogP contribution is -2.28. The molecule has 62 heavy (non-hydrogen) atoms. The second-order valence-corrected chi connectivity index (χ2v) is 16.1. The molecule has 3 heteroatoms. The summed E-state index contributed by atoms with van der Waals surface area (Å²) in [5, 5.41) is 2.25. The van der Waals surface area contributed by atoms with Gasteiger partial charge in [-0.1, -0.05) is 200 Å². The van der Waals surface area contributed by atoms with E-state index >= 15 is 0 Å². The summed E-state index contributed by atoms with van der Waals surface area (Å²) in [5.74, 6) is 0.688. The zero-order chi connectivity index (χ0) is 41.0. The Morgan fingerprint density at radius 1 is 0.323 bits per heavy atom. The van der Waals surface area contributed by atoms with Gasteiger partial charge in [-0.2, -0.15) is 0 Å². The van der Waals surface area contributed by atoms with Crippen LogP contribution in [0, 0.1) is 0 Å². The van der Waals surface area contributed by atoms with Gasteiger partial charge >= 0.3 is 0 Å². The number of hydrogen-bond donors (Lipinski definition) is 0. The molecular weight excluding hydrogens is 753 g/mol. The lowest BCUT2D eigenvalue weighted by atomic mass is 9.67. The molecule has 2 heterocycles. The molecule has 11 aromatic rings. The Labute approximate surface area is 360 Å². The molecular formula is C59H38N2O. The fourth-order valence-electron chi connectivity index (χ4n) is 9.78. The normalized spacial score (nSPS) is 12.6. The maximum Gasteiger partial charge on any atom is 0.160 e. The van der Waals surface area contributed by atoms with Crippen molar-refractivity contribution in [2.75, 3.05) is 0 Å². The molecule has 0 atom stereocenters. The van der Waals surface area contributed by atoms with E-state index in [2.05, 4.69) is 194 Å². The van der Waals surface area contributed by atoms with E-state index in [1.54, 1.807) is 0 Å². The summed E-state index contributed by atoms with van der Waals surface area (Å²) in [4.78, 5) is 10.4. The summed E-state index contributed by atoms with van der Waals surface area (Å²) >= 11 is 0. The molecule has 0 spiro atoms. The Balaban J connectivity index is 0.972. The molecule has 1 aliphatic rings. The third-order valence-electron chi connectivity index (χ3n) is 12.6. The lowest BCUT2D eigenvalue weighted by molar-refractivity contribution is 0.669. The Hall–Kier alpha value is -8.14. The van der Waals surface area contributed by atoms with Crippen molar-refractivity contribution >= 4 is 21.9 Å². The highest BCUT2D eigenvalue weighted by Crippen LogP contribution is 2.56. The molecule has 0 fully saturated rings. The molecule has 0 aliphatic heterocycles.